The van der Waals surface area contributed by atoms with E-state index in [9.17, 15) is 19.2 Å². The number of ether oxygens (including phenoxy) is 4. The van der Waals surface area contributed by atoms with E-state index >= 15 is 9.59 Å². The minimum Gasteiger partial charge on any atom is -0.748 e. The van der Waals surface area contributed by atoms with E-state index < -0.39 is 57.5 Å². The smallest absolute Gasteiger partial charge is 0.311 e. The highest BCUT2D eigenvalue weighted by Crippen LogP contribution is 2.33. The average molecular weight is 1100 g/mol. The molecule has 0 unspecified atom stereocenters. The van der Waals surface area contributed by atoms with Crippen LogP contribution in [0.2, 0.25) is 0 Å². The molecule has 0 bridgehead atoms. The molecule has 78 heavy (non-hydrogen) atoms. The Kier molecular flexibility index (Phi) is 26.4. The van der Waals surface area contributed by atoms with E-state index in [4.69, 9.17) is 38.3 Å². The third kappa shape index (κ3) is 23.0. The van der Waals surface area contributed by atoms with Crippen LogP contribution in [0.4, 0.5) is 0 Å². The molecular weight excluding hydrogens is 1020 g/mol. The largest absolute Gasteiger partial charge is 0.748 e. The highest BCUT2D eigenvalue weighted by molar-refractivity contribution is 7.84. The number of nitrogens with zero attached hydrogens (tertiary/aromatic N) is 2. The lowest BCUT2D eigenvalue weighted by Crippen LogP contribution is -2.64. The number of hydrogen-bond acceptors (Lipinski definition) is 13. The Morgan fingerprint density at radius 3 is 2.01 bits per heavy atom. The van der Waals surface area contributed by atoms with Crippen LogP contribution in [0.3, 0.4) is 0 Å². The SMILES string of the molecule is C#CCOc1cc(C[N+]2(CC(=O)N(C(=O)[C@@]3(C)CO3)[C@@H](CCc3ccccc3)C(=O)N[C@@H](CC(C)C)C(=O)N[C@@H](Cc3ccccc3)C(=O)NCCC(C)C)CCOCC2)ccc1OC(=O)CCCCCCC.CS(=O)(=O)[O-]. The fourth-order valence-corrected chi connectivity index (χ4v) is 9.02. The van der Waals surface area contributed by atoms with Gasteiger partial charge in [0.05, 0.1) is 29.9 Å². The van der Waals surface area contributed by atoms with Crippen LogP contribution in [0.1, 0.15) is 116 Å². The molecule has 0 spiro atoms. The number of carbonyl (C=O) groups is 6. The maximum Gasteiger partial charge on any atom is 0.311 e. The molecule has 0 aromatic heterocycles. The van der Waals surface area contributed by atoms with Gasteiger partial charge in [-0.3, -0.25) is 33.7 Å². The number of esters is 1. The van der Waals surface area contributed by atoms with Crippen molar-refractivity contribution in [1.29, 1.82) is 0 Å². The zero-order valence-corrected chi connectivity index (χ0v) is 47.5. The number of unbranched alkanes of at least 4 members (excludes halogenated alkanes) is 4. The van der Waals surface area contributed by atoms with Crippen molar-refractivity contribution in [3.8, 4) is 23.8 Å². The molecule has 18 nitrogen and oxygen atoms in total. The van der Waals surface area contributed by atoms with E-state index in [1.807, 2.05) is 80.6 Å². The highest BCUT2D eigenvalue weighted by atomic mass is 32.2. The van der Waals surface area contributed by atoms with Crippen molar-refractivity contribution in [2.45, 2.75) is 142 Å². The number of benzene rings is 3. The molecular formula is C59H83N5O13S. The third-order valence-corrected chi connectivity index (χ3v) is 13.4. The summed E-state index contributed by atoms with van der Waals surface area (Å²) in [6.45, 7) is 13.8. The van der Waals surface area contributed by atoms with Crippen LogP contribution < -0.4 is 25.4 Å². The zero-order chi connectivity index (χ0) is 57.3. The molecule has 5 rings (SSSR count). The van der Waals surface area contributed by atoms with E-state index in [0.29, 0.717) is 63.7 Å². The summed E-state index contributed by atoms with van der Waals surface area (Å²) >= 11 is 0. The Bertz CT molecular complexity index is 2550. The predicted octanol–water partition coefficient (Wildman–Crippen LogP) is 6.04. The minimum absolute atomic E-state index is 0.0478. The van der Waals surface area contributed by atoms with Gasteiger partial charge in [-0.1, -0.05) is 127 Å². The first-order valence-electron chi connectivity index (χ1n) is 27.3. The molecule has 0 saturated carbocycles. The van der Waals surface area contributed by atoms with Gasteiger partial charge in [0.1, 0.15) is 44.4 Å². The van der Waals surface area contributed by atoms with Gasteiger partial charge in [0.2, 0.25) is 17.7 Å². The average Bonchev–Trinajstić information content (AvgIpc) is 4.19. The first-order valence-corrected chi connectivity index (χ1v) is 29.1. The summed E-state index contributed by atoms with van der Waals surface area (Å²) in [6, 6.07) is 20.7. The molecule has 3 aromatic rings. The second-order valence-corrected chi connectivity index (χ2v) is 22.8. The first kappa shape index (κ1) is 64.4. The third-order valence-electron chi connectivity index (χ3n) is 13.4. The lowest BCUT2D eigenvalue weighted by Gasteiger charge is -2.42. The number of aryl methyl sites for hydroxylation is 1. The quantitative estimate of drug-likeness (QED) is 0.0131. The summed E-state index contributed by atoms with van der Waals surface area (Å²) in [5.74, 6) is 0.103. The number of amides is 5. The van der Waals surface area contributed by atoms with Gasteiger partial charge < -0.3 is 43.9 Å². The number of epoxide rings is 1. The lowest BCUT2D eigenvalue weighted by molar-refractivity contribution is -0.940. The van der Waals surface area contributed by atoms with E-state index in [0.717, 1.165) is 60.1 Å². The Balaban J connectivity index is 0.00000250. The molecule has 5 amide bonds. The fourth-order valence-electron chi connectivity index (χ4n) is 9.02. The maximum atomic E-state index is 15.3. The lowest BCUT2D eigenvalue weighted by atomic mass is 9.98. The fraction of sp³-hybridized carbons (Fsp3) is 0.559. The number of quaternary nitrogens is 1. The molecule has 2 fully saturated rings. The van der Waals surface area contributed by atoms with Crippen molar-refractivity contribution >= 4 is 45.6 Å². The standard InChI is InChI=1S/C58H79N5O10.CH4O3S/c1-8-10-11-12-19-24-53(65)73-50-28-26-46(38-51(50)71-33-9-2)39-63(31-34-70-35-32-63)40-52(64)62(57(69)58(7)41-72-58)49(27-25-44-20-15-13-16-21-44)56(68)61-47(36-43(5)6)55(67)60-48(37-45-22-17-14-18-23-45)54(66)59-30-29-42(3)4;1-5(2,3)4/h2,13-18,20-23,26,28,38,42-43,47-49H,8,10-12,19,24-25,27,29-37,39-41H2,1,3-7H3,(H2-,59,60,61,66,67,68);1H3,(H,2,3,4)/t47-,48-,49-,58+;/m0./s1. The van der Waals surface area contributed by atoms with Gasteiger partial charge in [-0.2, -0.15) is 0 Å². The van der Waals surface area contributed by atoms with Crippen molar-refractivity contribution in [2.75, 3.05) is 58.9 Å². The van der Waals surface area contributed by atoms with Crippen molar-refractivity contribution in [3.63, 3.8) is 0 Å². The summed E-state index contributed by atoms with van der Waals surface area (Å²) in [6.07, 6.45) is 12.9. The molecule has 2 heterocycles. The van der Waals surface area contributed by atoms with Crippen molar-refractivity contribution in [1.82, 2.24) is 20.9 Å². The van der Waals surface area contributed by atoms with Crippen LogP contribution >= 0.6 is 0 Å². The summed E-state index contributed by atoms with van der Waals surface area (Å²) < 4.78 is 50.6. The number of carbonyl (C=O) groups excluding carboxylic acids is 6. The molecule has 3 aromatic carbocycles. The molecule has 4 atom stereocenters. The number of rotatable bonds is 30. The summed E-state index contributed by atoms with van der Waals surface area (Å²) in [4.78, 5) is 87.4. The summed E-state index contributed by atoms with van der Waals surface area (Å²) in [5, 5.41) is 8.90. The van der Waals surface area contributed by atoms with Gasteiger partial charge in [-0.05, 0) is 80.2 Å². The topological polar surface area (TPSA) is 239 Å². The number of imide groups is 1. The number of terminal acetylenes is 1. The molecule has 3 N–H and O–H groups in total. The maximum absolute atomic E-state index is 15.3. The molecule has 0 aliphatic carbocycles. The van der Waals surface area contributed by atoms with E-state index in [-0.39, 0.29) is 73.5 Å². The normalized spacial score (nSPS) is 16.7. The van der Waals surface area contributed by atoms with Crippen LogP contribution in [0, 0.1) is 24.2 Å². The summed E-state index contributed by atoms with van der Waals surface area (Å²) in [7, 11) is -3.92. The van der Waals surface area contributed by atoms with Gasteiger partial charge in [0, 0.05) is 31.2 Å². The molecule has 2 aliphatic rings. The van der Waals surface area contributed by atoms with Crippen LogP contribution in [0.5, 0.6) is 11.5 Å². The Morgan fingerprint density at radius 2 is 1.42 bits per heavy atom. The first-order chi connectivity index (χ1) is 37.0. The van der Waals surface area contributed by atoms with Gasteiger partial charge in [-0.25, -0.2) is 8.42 Å². The monoisotopic (exact) mass is 1100 g/mol. The summed E-state index contributed by atoms with van der Waals surface area (Å²) in [5.41, 5.74) is 1.15. The van der Waals surface area contributed by atoms with Gasteiger partial charge >= 0.3 is 5.97 Å². The zero-order valence-electron chi connectivity index (χ0n) is 46.7. The molecule has 19 heteroatoms. The molecule has 428 valence electrons. The van der Waals surface area contributed by atoms with Gasteiger partial charge in [0.25, 0.3) is 11.8 Å². The van der Waals surface area contributed by atoms with Gasteiger partial charge in [0.15, 0.2) is 23.6 Å². The van der Waals surface area contributed by atoms with Crippen LogP contribution in [-0.4, -0.2) is 140 Å². The van der Waals surface area contributed by atoms with Crippen LogP contribution in [-0.2, 0) is 67.7 Å². The number of morpholine rings is 1. The Hall–Kier alpha value is -6.17. The second-order valence-electron chi connectivity index (χ2n) is 21.4. The minimum atomic E-state index is -3.92. The van der Waals surface area contributed by atoms with Crippen molar-refractivity contribution < 1.29 is 65.2 Å². The Morgan fingerprint density at radius 1 is 0.808 bits per heavy atom. The highest BCUT2D eigenvalue weighted by Gasteiger charge is 2.54. The van der Waals surface area contributed by atoms with Crippen LogP contribution in [0.15, 0.2) is 78.9 Å². The molecule has 2 aliphatic heterocycles. The van der Waals surface area contributed by atoms with Gasteiger partial charge in [-0.15, -0.1) is 6.42 Å². The Labute approximate surface area is 462 Å². The molecule has 0 radical (unpaired) electrons. The second kappa shape index (κ2) is 32.0. The predicted molar refractivity (Wildman–Crippen MR) is 295 cm³/mol. The van der Waals surface area contributed by atoms with Crippen LogP contribution in [0.25, 0.3) is 0 Å². The number of nitrogens with one attached hydrogen (secondary N) is 3. The van der Waals surface area contributed by atoms with E-state index in [2.05, 4.69) is 42.6 Å². The van der Waals surface area contributed by atoms with Crippen molar-refractivity contribution in [3.05, 3.63) is 95.6 Å². The van der Waals surface area contributed by atoms with E-state index in [1.54, 1.807) is 19.1 Å². The molecule has 2 saturated heterocycles. The van der Waals surface area contributed by atoms with Crippen molar-refractivity contribution in [2.24, 2.45) is 11.8 Å². The van der Waals surface area contributed by atoms with E-state index in [1.165, 1.54) is 0 Å². The number of hydrogen-bond donors (Lipinski definition) is 3.